The summed E-state index contributed by atoms with van der Waals surface area (Å²) in [6, 6.07) is 23.6. The van der Waals surface area contributed by atoms with Crippen molar-refractivity contribution in [2.24, 2.45) is 0 Å². The van der Waals surface area contributed by atoms with Gasteiger partial charge >= 0.3 is 25.4 Å². The number of aromatic nitrogens is 8. The first-order valence-electron chi connectivity index (χ1n) is 18.5. The van der Waals surface area contributed by atoms with E-state index in [1.54, 1.807) is 18.2 Å². The normalized spacial score (nSPS) is 12.7. The van der Waals surface area contributed by atoms with Gasteiger partial charge in [-0.3, -0.25) is 0 Å². The molecular formula is C45H40N8O2Zn. The Morgan fingerprint density at radius 2 is 1.00 bits per heavy atom. The molecule has 274 valence electrons. The summed E-state index contributed by atoms with van der Waals surface area (Å²) in [7, 11) is 0. The molecule has 0 amide bonds. The van der Waals surface area contributed by atoms with Gasteiger partial charge in [0.2, 0.25) is 0 Å². The van der Waals surface area contributed by atoms with Crippen molar-refractivity contribution in [3.8, 4) is 45.6 Å². The molecule has 0 fully saturated rings. The van der Waals surface area contributed by atoms with Gasteiger partial charge in [0.15, 0.2) is 0 Å². The largest absolute Gasteiger partial charge is 2.00 e. The van der Waals surface area contributed by atoms with E-state index in [4.69, 9.17) is 39.9 Å². The Balaban J connectivity index is 0.00000441. The van der Waals surface area contributed by atoms with Crippen LogP contribution >= 0.6 is 0 Å². The molecule has 0 spiro atoms. The van der Waals surface area contributed by atoms with Gasteiger partial charge in [-0.05, 0) is 78.7 Å². The maximum atomic E-state index is 12.2. The number of fused-ring (bicyclic) bond motifs is 20. The zero-order valence-electron chi connectivity index (χ0n) is 33.1. The summed E-state index contributed by atoms with van der Waals surface area (Å²) in [4.78, 5) is 52.9. The number of hydrogen-bond donors (Lipinski definition) is 1. The first-order valence-corrected chi connectivity index (χ1v) is 18.5. The molecule has 5 heterocycles. The van der Waals surface area contributed by atoms with Gasteiger partial charge in [0.1, 0.15) is 0 Å². The van der Waals surface area contributed by atoms with Crippen LogP contribution in [0.2, 0.25) is 0 Å². The van der Waals surface area contributed by atoms with Crippen molar-refractivity contribution in [3.05, 3.63) is 95.1 Å². The van der Waals surface area contributed by atoms with Crippen molar-refractivity contribution in [3.63, 3.8) is 0 Å². The summed E-state index contributed by atoms with van der Waals surface area (Å²) in [6.07, 6.45) is 0. The maximum absolute atomic E-state index is 12.2. The Morgan fingerprint density at radius 3 is 1.61 bits per heavy atom. The van der Waals surface area contributed by atoms with Gasteiger partial charge in [-0.2, -0.15) is 0 Å². The van der Waals surface area contributed by atoms with Crippen molar-refractivity contribution >= 4 is 50.1 Å². The third kappa shape index (κ3) is 6.09. The predicted molar refractivity (Wildman–Crippen MR) is 217 cm³/mol. The van der Waals surface area contributed by atoms with E-state index in [2.05, 4.69) is 105 Å². The summed E-state index contributed by atoms with van der Waals surface area (Å²) < 4.78 is 0. The topological polar surface area (TPSA) is 143 Å². The summed E-state index contributed by atoms with van der Waals surface area (Å²) in [5, 5.41) is 13.3. The van der Waals surface area contributed by atoms with Gasteiger partial charge in [-0.1, -0.05) is 111 Å². The third-order valence-electron chi connectivity index (χ3n) is 10.5. The van der Waals surface area contributed by atoms with Gasteiger partial charge < -0.3 is 35.0 Å². The zero-order valence-corrected chi connectivity index (χ0v) is 36.0. The van der Waals surface area contributed by atoms with Gasteiger partial charge in [-0.25, -0.2) is 14.8 Å². The number of aromatic carboxylic acids is 1. The van der Waals surface area contributed by atoms with Crippen molar-refractivity contribution in [1.82, 2.24) is 39.9 Å². The Kier molecular flexibility index (Phi) is 8.44. The van der Waals surface area contributed by atoms with E-state index in [0.29, 0.717) is 57.0 Å². The Morgan fingerprint density at radius 1 is 0.500 bits per heavy atom. The molecular weight excluding hydrogens is 750 g/mol. The fourth-order valence-electron chi connectivity index (χ4n) is 7.40. The molecule has 0 aliphatic carbocycles. The number of benzene rings is 4. The first-order chi connectivity index (χ1) is 25.9. The van der Waals surface area contributed by atoms with Crippen LogP contribution in [0.4, 0.5) is 0 Å². The number of rotatable bonds is 1. The number of carboxylic acids is 1. The minimum atomic E-state index is -1.05. The van der Waals surface area contributed by atoms with Gasteiger partial charge in [-0.15, -0.1) is 0 Å². The maximum Gasteiger partial charge on any atom is 2.00 e. The SMILES string of the molecule is CC(C)(C)c1ccc2c(c1)-c1nc-2nc2[n-]c(nc3nc(nc4[n-]c(n1)c1ccc(C(C)(C)C)cc41)-c1ccc(C(=O)O)cc1-3)c1cccc(C(C)(C)C)c21.[Zn+2]. The smallest absolute Gasteiger partial charge is 0.478 e. The number of carboxylic acid groups (broad SMARTS) is 1. The summed E-state index contributed by atoms with van der Waals surface area (Å²) >= 11 is 0. The molecule has 2 aliphatic rings. The summed E-state index contributed by atoms with van der Waals surface area (Å²) in [6.45, 7) is 19.6. The Bertz CT molecular complexity index is 2980. The van der Waals surface area contributed by atoms with Crippen molar-refractivity contribution in [2.45, 2.75) is 78.6 Å². The molecule has 56 heavy (non-hydrogen) atoms. The van der Waals surface area contributed by atoms with E-state index in [1.807, 2.05) is 12.1 Å². The predicted octanol–water partition coefficient (Wildman–Crippen LogP) is 9.72. The molecule has 0 saturated heterocycles. The van der Waals surface area contributed by atoms with Crippen LogP contribution in [0.25, 0.3) is 89.7 Å². The molecule has 9 rings (SSSR count). The van der Waals surface area contributed by atoms with Crippen LogP contribution in [0.3, 0.4) is 0 Å². The molecule has 0 saturated carbocycles. The van der Waals surface area contributed by atoms with Gasteiger partial charge in [0.05, 0.1) is 28.9 Å². The number of hydrogen-bond acceptors (Lipinski definition) is 7. The van der Waals surface area contributed by atoms with Crippen LogP contribution in [0.15, 0.2) is 72.8 Å². The standard InChI is InChI=1S/C45H41N8O2.Zn/c1-43(2,3)23-14-17-26-30(20-23)39-47-34-25-16-13-22(42(54)55)19-29(25)38(46-34)51-37-28-11-10-12-32(45(7,8)9)33(28)41(53-37)52-36-27-18-15-24(44(4,5)6)21-31(27)40(50-36)49-35(26)48-39;/h10-21H,1-9H3,(H2-,46,47,48,49,50,51,52,53,54,55);/q-1;+2/p-1. The first kappa shape index (κ1) is 37.3. The third-order valence-corrected chi connectivity index (χ3v) is 10.5. The van der Waals surface area contributed by atoms with E-state index >= 15 is 0 Å². The fourth-order valence-corrected chi connectivity index (χ4v) is 7.40. The van der Waals surface area contributed by atoms with Crippen molar-refractivity contribution < 1.29 is 29.4 Å². The molecule has 2 aliphatic heterocycles. The second-order valence-corrected chi connectivity index (χ2v) is 17.5. The molecule has 0 radical (unpaired) electrons. The van der Waals surface area contributed by atoms with Crippen LogP contribution in [0.1, 0.15) is 89.4 Å². The molecule has 1 N–H and O–H groups in total. The van der Waals surface area contributed by atoms with E-state index < -0.39 is 5.97 Å². The zero-order chi connectivity index (χ0) is 38.8. The van der Waals surface area contributed by atoms with E-state index in [-0.39, 0.29) is 41.3 Å². The second kappa shape index (κ2) is 12.7. The molecule has 10 nitrogen and oxygen atoms in total. The van der Waals surface area contributed by atoms with Crippen LogP contribution in [0.5, 0.6) is 0 Å². The van der Waals surface area contributed by atoms with Crippen LogP contribution in [-0.2, 0) is 35.7 Å². The Labute approximate surface area is 337 Å². The van der Waals surface area contributed by atoms with E-state index in [9.17, 15) is 9.90 Å². The molecule has 11 heteroatoms. The molecule has 0 unspecified atom stereocenters. The molecule has 4 aromatic carbocycles. The van der Waals surface area contributed by atoms with Gasteiger partial charge in [0.25, 0.3) is 0 Å². The molecule has 8 bridgehead atoms. The monoisotopic (exact) mass is 788 g/mol. The average molecular weight is 790 g/mol. The number of carbonyl (C=O) groups is 1. The quantitative estimate of drug-likeness (QED) is 0.160. The second-order valence-electron chi connectivity index (χ2n) is 17.5. The summed E-state index contributed by atoms with van der Waals surface area (Å²) in [5.74, 6) is 0.634. The minimum absolute atomic E-state index is 0. The summed E-state index contributed by atoms with van der Waals surface area (Å²) in [5.41, 5.74) is 7.70. The van der Waals surface area contributed by atoms with Crippen LogP contribution < -0.4 is 9.97 Å². The van der Waals surface area contributed by atoms with Crippen molar-refractivity contribution in [2.75, 3.05) is 0 Å². The van der Waals surface area contributed by atoms with E-state index in [0.717, 1.165) is 49.4 Å². The average Bonchev–Trinajstić information content (AvgIpc) is 3.85. The Hall–Kier alpha value is -5.67. The number of nitrogens with zero attached hydrogens (tertiary/aromatic N) is 8. The fraction of sp³-hybridized carbons (Fsp3) is 0.267. The molecule has 7 aromatic rings. The van der Waals surface area contributed by atoms with Crippen LogP contribution in [0, 0.1) is 0 Å². The van der Waals surface area contributed by atoms with Crippen LogP contribution in [-0.4, -0.2) is 41.0 Å². The van der Waals surface area contributed by atoms with Crippen molar-refractivity contribution in [1.29, 1.82) is 0 Å². The molecule has 0 atom stereocenters. The van der Waals surface area contributed by atoms with Gasteiger partial charge in [0, 0.05) is 44.8 Å². The molecule has 3 aromatic heterocycles. The minimum Gasteiger partial charge on any atom is -0.478 e. The van der Waals surface area contributed by atoms with E-state index in [1.165, 1.54) is 0 Å².